The maximum absolute atomic E-state index is 12.3. The zero-order valence-corrected chi connectivity index (χ0v) is 15.6. The summed E-state index contributed by atoms with van der Waals surface area (Å²) < 4.78 is 10.7. The van der Waals surface area contributed by atoms with Gasteiger partial charge in [0.1, 0.15) is 23.8 Å². The molecule has 0 aliphatic heterocycles. The molecule has 0 saturated carbocycles. The van der Waals surface area contributed by atoms with E-state index in [4.69, 9.17) is 9.47 Å². The van der Waals surface area contributed by atoms with Crippen LogP contribution in [0.4, 0.5) is 5.69 Å². The third-order valence-corrected chi connectivity index (χ3v) is 3.91. The minimum atomic E-state index is -0.250. The maximum atomic E-state index is 12.3. The van der Waals surface area contributed by atoms with Gasteiger partial charge in [0, 0.05) is 18.1 Å². The number of benzene rings is 1. The van der Waals surface area contributed by atoms with Crippen LogP contribution in [0, 0.1) is 0 Å². The van der Waals surface area contributed by atoms with Gasteiger partial charge in [0.15, 0.2) is 0 Å². The van der Waals surface area contributed by atoms with Crippen molar-refractivity contribution < 1.29 is 14.3 Å². The van der Waals surface area contributed by atoms with E-state index in [0.29, 0.717) is 31.1 Å². The van der Waals surface area contributed by atoms with Gasteiger partial charge in [-0.2, -0.15) is 0 Å². The second-order valence-electron chi connectivity index (χ2n) is 5.88. The van der Waals surface area contributed by atoms with Gasteiger partial charge in [-0.05, 0) is 48.5 Å². The van der Waals surface area contributed by atoms with Crippen LogP contribution in [0.1, 0.15) is 16.2 Å². The first kappa shape index (κ1) is 19.2. The van der Waals surface area contributed by atoms with Crippen LogP contribution in [0.2, 0.25) is 0 Å². The molecule has 28 heavy (non-hydrogen) atoms. The highest BCUT2D eigenvalue weighted by atomic mass is 16.5. The van der Waals surface area contributed by atoms with Gasteiger partial charge in [0.2, 0.25) is 0 Å². The smallest absolute Gasteiger partial charge is 0.270 e. The molecule has 0 bridgehead atoms. The minimum absolute atomic E-state index is 0.250. The van der Waals surface area contributed by atoms with Crippen molar-refractivity contribution in [2.24, 2.45) is 0 Å². The summed E-state index contributed by atoms with van der Waals surface area (Å²) in [5, 5.41) is 6.04. The zero-order valence-electron chi connectivity index (χ0n) is 15.6. The summed E-state index contributed by atoms with van der Waals surface area (Å²) in [5.41, 5.74) is 2.07. The molecule has 2 heterocycles. The number of rotatable bonds is 9. The van der Waals surface area contributed by atoms with Gasteiger partial charge in [0.05, 0.1) is 25.9 Å². The van der Waals surface area contributed by atoms with Crippen LogP contribution in [-0.4, -0.2) is 36.1 Å². The van der Waals surface area contributed by atoms with Gasteiger partial charge in [-0.25, -0.2) is 0 Å². The fourth-order valence-electron chi connectivity index (χ4n) is 2.46. The van der Waals surface area contributed by atoms with Gasteiger partial charge in [-0.1, -0.05) is 6.07 Å². The molecular formula is C21H22N4O3. The third kappa shape index (κ3) is 5.70. The van der Waals surface area contributed by atoms with Crippen molar-refractivity contribution in [3.05, 3.63) is 78.4 Å². The van der Waals surface area contributed by atoms with E-state index in [9.17, 15) is 4.79 Å². The molecule has 2 N–H and O–H groups in total. The lowest BCUT2D eigenvalue weighted by Gasteiger charge is -2.09. The van der Waals surface area contributed by atoms with Crippen molar-refractivity contribution >= 4 is 11.6 Å². The maximum Gasteiger partial charge on any atom is 0.270 e. The minimum Gasteiger partial charge on any atom is -0.497 e. The molecule has 3 rings (SSSR count). The summed E-state index contributed by atoms with van der Waals surface area (Å²) in [6.45, 7) is 1.30. The van der Waals surface area contributed by atoms with E-state index in [1.165, 1.54) is 0 Å². The molecule has 144 valence electrons. The number of nitrogens with zero attached hydrogens (tertiary/aromatic N) is 2. The van der Waals surface area contributed by atoms with Gasteiger partial charge >= 0.3 is 0 Å². The number of anilines is 1. The largest absolute Gasteiger partial charge is 0.497 e. The highest BCUT2D eigenvalue weighted by Gasteiger charge is 2.07. The number of ether oxygens (including phenoxy) is 2. The van der Waals surface area contributed by atoms with Crippen molar-refractivity contribution in [2.45, 2.75) is 6.54 Å². The molecule has 0 aliphatic carbocycles. The number of nitrogens with one attached hydrogen (secondary N) is 2. The van der Waals surface area contributed by atoms with Crippen LogP contribution in [0.15, 0.2) is 67.0 Å². The predicted octanol–water partition coefficient (Wildman–Crippen LogP) is 2.91. The first-order valence-corrected chi connectivity index (χ1v) is 8.89. The Hall–Kier alpha value is -3.61. The Morgan fingerprint density at radius 2 is 1.82 bits per heavy atom. The quantitative estimate of drug-likeness (QED) is 0.557. The average molecular weight is 378 g/mol. The Balaban J connectivity index is 1.44. The molecule has 0 unspecified atom stereocenters. The third-order valence-electron chi connectivity index (χ3n) is 3.91. The molecule has 0 atom stereocenters. The van der Waals surface area contributed by atoms with Gasteiger partial charge in [0.25, 0.3) is 5.91 Å². The summed E-state index contributed by atoms with van der Waals surface area (Å²) in [6.07, 6.45) is 3.35. The van der Waals surface area contributed by atoms with Crippen LogP contribution in [0.3, 0.4) is 0 Å². The van der Waals surface area contributed by atoms with E-state index in [0.717, 1.165) is 17.1 Å². The van der Waals surface area contributed by atoms with Crippen LogP contribution >= 0.6 is 0 Å². The molecular weight excluding hydrogens is 356 g/mol. The number of aromatic nitrogens is 2. The molecule has 0 radical (unpaired) electrons. The van der Waals surface area contributed by atoms with Crippen molar-refractivity contribution in [3.63, 3.8) is 0 Å². The van der Waals surface area contributed by atoms with E-state index in [1.54, 1.807) is 25.6 Å². The standard InChI is InChI=1S/C21H22N4O3/c1-27-18-5-7-19(8-6-18)28-13-12-24-21(26)20-14-16(9-11-23-20)25-15-17-4-2-3-10-22-17/h2-11,14H,12-13,15H2,1H3,(H,23,25)(H,24,26). The normalized spacial score (nSPS) is 10.2. The van der Waals surface area contributed by atoms with Crippen molar-refractivity contribution in [3.8, 4) is 11.5 Å². The summed E-state index contributed by atoms with van der Waals surface area (Å²) in [6, 6.07) is 16.5. The van der Waals surface area contributed by atoms with Gasteiger partial charge in [-0.3, -0.25) is 14.8 Å². The molecule has 1 aromatic carbocycles. The molecule has 0 spiro atoms. The summed E-state index contributed by atoms with van der Waals surface area (Å²) >= 11 is 0. The predicted molar refractivity (Wildman–Crippen MR) is 107 cm³/mol. The van der Waals surface area contributed by atoms with E-state index in [2.05, 4.69) is 20.6 Å². The average Bonchev–Trinajstić information content (AvgIpc) is 2.76. The Morgan fingerprint density at radius 1 is 1.00 bits per heavy atom. The molecule has 7 heteroatoms. The van der Waals surface area contributed by atoms with Gasteiger partial charge in [-0.15, -0.1) is 0 Å². The number of amides is 1. The Morgan fingerprint density at radius 3 is 2.57 bits per heavy atom. The number of hydrogen-bond acceptors (Lipinski definition) is 6. The highest BCUT2D eigenvalue weighted by Crippen LogP contribution is 2.16. The topological polar surface area (TPSA) is 85.4 Å². The molecule has 7 nitrogen and oxygen atoms in total. The summed E-state index contributed by atoms with van der Waals surface area (Å²) in [7, 11) is 1.61. The molecule has 0 aliphatic rings. The van der Waals surface area contributed by atoms with E-state index >= 15 is 0 Å². The second kappa shape index (κ2) is 9.91. The highest BCUT2D eigenvalue weighted by molar-refractivity contribution is 5.93. The Kier molecular flexibility index (Phi) is 6.78. The number of methoxy groups -OCH3 is 1. The van der Waals surface area contributed by atoms with E-state index in [-0.39, 0.29) is 5.91 Å². The molecule has 2 aromatic heterocycles. The number of carbonyl (C=O) groups excluding carboxylic acids is 1. The second-order valence-corrected chi connectivity index (χ2v) is 5.88. The van der Waals surface area contributed by atoms with Crippen molar-refractivity contribution in [1.82, 2.24) is 15.3 Å². The zero-order chi connectivity index (χ0) is 19.6. The molecule has 1 amide bonds. The monoisotopic (exact) mass is 378 g/mol. The lowest BCUT2D eigenvalue weighted by molar-refractivity contribution is 0.0942. The first-order valence-electron chi connectivity index (χ1n) is 8.89. The fraction of sp³-hybridized carbons (Fsp3) is 0.190. The van der Waals surface area contributed by atoms with Crippen molar-refractivity contribution in [1.29, 1.82) is 0 Å². The summed E-state index contributed by atoms with van der Waals surface area (Å²) in [4.78, 5) is 20.7. The number of hydrogen-bond donors (Lipinski definition) is 2. The SMILES string of the molecule is COc1ccc(OCCNC(=O)c2cc(NCc3ccccn3)ccn2)cc1. The first-order chi connectivity index (χ1) is 13.7. The van der Waals surface area contributed by atoms with E-state index in [1.807, 2.05) is 48.5 Å². The lowest BCUT2D eigenvalue weighted by Crippen LogP contribution is -2.28. The fourth-order valence-corrected chi connectivity index (χ4v) is 2.46. The van der Waals surface area contributed by atoms with Gasteiger partial charge < -0.3 is 20.1 Å². The molecule has 0 fully saturated rings. The van der Waals surface area contributed by atoms with Crippen LogP contribution in [0.25, 0.3) is 0 Å². The Bertz CT molecular complexity index is 886. The lowest BCUT2D eigenvalue weighted by atomic mass is 10.3. The van der Waals surface area contributed by atoms with Crippen LogP contribution in [-0.2, 0) is 6.54 Å². The summed E-state index contributed by atoms with van der Waals surface area (Å²) in [5.74, 6) is 1.23. The number of pyridine rings is 2. The molecule has 0 saturated heterocycles. The van der Waals surface area contributed by atoms with E-state index < -0.39 is 0 Å². The van der Waals surface area contributed by atoms with Crippen molar-refractivity contribution in [2.75, 3.05) is 25.6 Å². The molecule has 3 aromatic rings. The van der Waals surface area contributed by atoms with Crippen LogP contribution < -0.4 is 20.1 Å². The number of carbonyl (C=O) groups is 1. The van der Waals surface area contributed by atoms with Crippen LogP contribution in [0.5, 0.6) is 11.5 Å². The Labute approximate surface area is 163 Å².